The molecule has 1 aromatic rings. The second kappa shape index (κ2) is 5.34. The normalized spacial score (nSPS) is 28.0. The lowest BCUT2D eigenvalue weighted by Gasteiger charge is -2.28. The molecule has 88 valence electrons. The van der Waals surface area contributed by atoms with Crippen LogP contribution in [0.4, 0.5) is 0 Å². The van der Waals surface area contributed by atoms with Gasteiger partial charge in [0, 0.05) is 18.0 Å². The van der Waals surface area contributed by atoms with Gasteiger partial charge in [-0.1, -0.05) is 23.9 Å². The van der Waals surface area contributed by atoms with Gasteiger partial charge in [-0.15, -0.1) is 5.10 Å². The van der Waals surface area contributed by atoms with Gasteiger partial charge in [-0.05, 0) is 12.8 Å². The van der Waals surface area contributed by atoms with Gasteiger partial charge in [0.2, 0.25) is 0 Å². The SMILES string of the molecule is CC1CSC(=NCCn2ccnn2)NC1C. The number of amidine groups is 1. The molecule has 1 fully saturated rings. The molecule has 2 heterocycles. The fraction of sp³-hybridized carbons (Fsp3) is 0.700. The molecule has 0 radical (unpaired) electrons. The van der Waals surface area contributed by atoms with Crippen molar-refractivity contribution < 1.29 is 0 Å². The van der Waals surface area contributed by atoms with Crippen LogP contribution < -0.4 is 5.32 Å². The van der Waals surface area contributed by atoms with Crippen LogP contribution >= 0.6 is 11.8 Å². The number of aliphatic imine (C=N–C) groups is 1. The van der Waals surface area contributed by atoms with Crippen molar-refractivity contribution in [2.45, 2.75) is 26.4 Å². The van der Waals surface area contributed by atoms with E-state index in [1.807, 2.05) is 6.20 Å². The maximum absolute atomic E-state index is 4.52. The second-order valence-corrected chi connectivity index (χ2v) is 5.08. The lowest BCUT2D eigenvalue weighted by atomic mass is 10.1. The smallest absolute Gasteiger partial charge is 0.156 e. The van der Waals surface area contributed by atoms with Crippen LogP contribution in [-0.4, -0.2) is 38.5 Å². The van der Waals surface area contributed by atoms with E-state index in [0.29, 0.717) is 12.0 Å². The van der Waals surface area contributed by atoms with Crippen LogP contribution in [0.3, 0.4) is 0 Å². The zero-order valence-corrected chi connectivity index (χ0v) is 10.4. The monoisotopic (exact) mass is 239 g/mol. The minimum Gasteiger partial charge on any atom is -0.362 e. The van der Waals surface area contributed by atoms with E-state index in [2.05, 4.69) is 34.5 Å². The van der Waals surface area contributed by atoms with E-state index in [9.17, 15) is 0 Å². The van der Waals surface area contributed by atoms with Crippen LogP contribution in [0.25, 0.3) is 0 Å². The highest BCUT2D eigenvalue weighted by Crippen LogP contribution is 2.18. The van der Waals surface area contributed by atoms with Crippen LogP contribution in [0.15, 0.2) is 17.4 Å². The summed E-state index contributed by atoms with van der Waals surface area (Å²) in [7, 11) is 0. The Morgan fingerprint density at radius 1 is 1.62 bits per heavy atom. The van der Waals surface area contributed by atoms with Gasteiger partial charge in [0.05, 0.1) is 19.3 Å². The van der Waals surface area contributed by atoms with E-state index in [4.69, 9.17) is 0 Å². The molecule has 0 saturated carbocycles. The number of rotatable bonds is 3. The Kier molecular flexibility index (Phi) is 3.82. The van der Waals surface area contributed by atoms with E-state index in [-0.39, 0.29) is 0 Å². The summed E-state index contributed by atoms with van der Waals surface area (Å²) >= 11 is 1.81. The molecule has 5 nitrogen and oxygen atoms in total. The average molecular weight is 239 g/mol. The van der Waals surface area contributed by atoms with Crippen molar-refractivity contribution in [1.82, 2.24) is 20.3 Å². The molecule has 0 spiro atoms. The quantitative estimate of drug-likeness (QED) is 0.855. The van der Waals surface area contributed by atoms with E-state index in [1.165, 1.54) is 0 Å². The first-order chi connectivity index (χ1) is 7.75. The van der Waals surface area contributed by atoms with Crippen molar-refractivity contribution >= 4 is 16.9 Å². The molecule has 1 aliphatic rings. The van der Waals surface area contributed by atoms with Crippen LogP contribution in [0, 0.1) is 5.92 Å². The molecular weight excluding hydrogens is 222 g/mol. The molecule has 0 aromatic carbocycles. The van der Waals surface area contributed by atoms with Crippen molar-refractivity contribution in [1.29, 1.82) is 0 Å². The average Bonchev–Trinajstić information content (AvgIpc) is 2.76. The Morgan fingerprint density at radius 3 is 3.19 bits per heavy atom. The zero-order chi connectivity index (χ0) is 11.4. The summed E-state index contributed by atoms with van der Waals surface area (Å²) in [5.74, 6) is 1.86. The molecule has 0 aliphatic carbocycles. The third kappa shape index (κ3) is 2.98. The van der Waals surface area contributed by atoms with Crippen molar-refractivity contribution in [3.05, 3.63) is 12.4 Å². The number of hydrogen-bond donors (Lipinski definition) is 1. The third-order valence-electron chi connectivity index (χ3n) is 2.74. The minimum absolute atomic E-state index is 0.520. The van der Waals surface area contributed by atoms with E-state index >= 15 is 0 Å². The molecule has 1 aromatic heterocycles. The van der Waals surface area contributed by atoms with Gasteiger partial charge in [-0.3, -0.25) is 9.67 Å². The summed E-state index contributed by atoms with van der Waals surface area (Å²) in [5, 5.41) is 12.1. The van der Waals surface area contributed by atoms with Gasteiger partial charge >= 0.3 is 0 Å². The maximum atomic E-state index is 4.52. The highest BCUT2D eigenvalue weighted by Gasteiger charge is 2.20. The van der Waals surface area contributed by atoms with Crippen molar-refractivity contribution in [3.8, 4) is 0 Å². The molecule has 2 rings (SSSR count). The molecule has 16 heavy (non-hydrogen) atoms. The first-order valence-electron chi connectivity index (χ1n) is 5.53. The van der Waals surface area contributed by atoms with Crippen molar-refractivity contribution in [2.75, 3.05) is 12.3 Å². The van der Waals surface area contributed by atoms with E-state index < -0.39 is 0 Å². The maximum Gasteiger partial charge on any atom is 0.156 e. The number of thioether (sulfide) groups is 1. The Labute approximate surface area is 99.7 Å². The molecule has 0 amide bonds. The third-order valence-corrected chi connectivity index (χ3v) is 3.96. The molecule has 6 heteroatoms. The highest BCUT2D eigenvalue weighted by molar-refractivity contribution is 8.13. The fourth-order valence-corrected chi connectivity index (χ4v) is 2.59. The highest BCUT2D eigenvalue weighted by atomic mass is 32.2. The van der Waals surface area contributed by atoms with Crippen LogP contribution in [0.2, 0.25) is 0 Å². The first-order valence-corrected chi connectivity index (χ1v) is 6.52. The summed E-state index contributed by atoms with van der Waals surface area (Å²) in [6.45, 7) is 6.00. The topological polar surface area (TPSA) is 55.1 Å². The number of nitrogens with zero attached hydrogens (tertiary/aromatic N) is 4. The predicted octanol–water partition coefficient (Wildman–Crippen LogP) is 0.995. The van der Waals surface area contributed by atoms with Gasteiger partial charge in [0.15, 0.2) is 5.17 Å². The lowest BCUT2D eigenvalue weighted by Crippen LogP contribution is -2.41. The summed E-state index contributed by atoms with van der Waals surface area (Å²) < 4.78 is 1.80. The summed E-state index contributed by atoms with van der Waals surface area (Å²) in [6, 6.07) is 0.520. The van der Waals surface area contributed by atoms with Crippen molar-refractivity contribution in [2.24, 2.45) is 10.9 Å². The van der Waals surface area contributed by atoms with Gasteiger partial charge in [-0.25, -0.2) is 0 Å². The molecule has 0 bridgehead atoms. The molecule has 2 atom stereocenters. The second-order valence-electron chi connectivity index (χ2n) is 4.07. The Bertz CT molecular complexity index is 348. The van der Waals surface area contributed by atoms with E-state index in [1.54, 1.807) is 22.6 Å². The first kappa shape index (κ1) is 11.4. The number of aromatic nitrogens is 3. The lowest BCUT2D eigenvalue weighted by molar-refractivity contribution is 0.489. The van der Waals surface area contributed by atoms with Gasteiger partial charge in [0.25, 0.3) is 0 Å². The molecule has 1 aliphatic heterocycles. The molecule has 1 N–H and O–H groups in total. The summed E-state index contributed by atoms with van der Waals surface area (Å²) in [5.41, 5.74) is 0. The number of hydrogen-bond acceptors (Lipinski definition) is 4. The van der Waals surface area contributed by atoms with Gasteiger partial charge < -0.3 is 5.32 Å². The zero-order valence-electron chi connectivity index (χ0n) is 9.63. The molecule has 2 unspecified atom stereocenters. The van der Waals surface area contributed by atoms with Gasteiger partial charge in [0.1, 0.15) is 0 Å². The van der Waals surface area contributed by atoms with Crippen LogP contribution in [0.1, 0.15) is 13.8 Å². The molecule has 1 saturated heterocycles. The minimum atomic E-state index is 0.520. The Hall–Kier alpha value is -1.04. The summed E-state index contributed by atoms with van der Waals surface area (Å²) in [6.07, 6.45) is 3.54. The Morgan fingerprint density at radius 2 is 2.50 bits per heavy atom. The fourth-order valence-electron chi connectivity index (χ4n) is 1.43. The van der Waals surface area contributed by atoms with Crippen LogP contribution in [-0.2, 0) is 6.54 Å². The van der Waals surface area contributed by atoms with Crippen LogP contribution in [0.5, 0.6) is 0 Å². The van der Waals surface area contributed by atoms with Gasteiger partial charge in [-0.2, -0.15) is 0 Å². The van der Waals surface area contributed by atoms with E-state index in [0.717, 1.165) is 24.0 Å². The predicted molar refractivity (Wildman–Crippen MR) is 66.5 cm³/mol. The Balaban J connectivity index is 1.79. The van der Waals surface area contributed by atoms with Crippen molar-refractivity contribution in [3.63, 3.8) is 0 Å². The molecular formula is C10H17N5S. The number of nitrogens with one attached hydrogen (secondary N) is 1. The largest absolute Gasteiger partial charge is 0.362 e. The summed E-state index contributed by atoms with van der Waals surface area (Å²) in [4.78, 5) is 4.52. The standard InChI is InChI=1S/C10H17N5S/c1-8-7-16-10(13-9(8)2)11-3-5-15-6-4-12-14-15/h4,6,8-9H,3,5,7H2,1-2H3,(H,11,13).